The average molecular weight is 405 g/mol. The molecule has 1 aliphatic carbocycles. The fourth-order valence-electron chi connectivity index (χ4n) is 4.56. The maximum absolute atomic E-state index is 14.0. The molecule has 0 aliphatic heterocycles. The van der Waals surface area contributed by atoms with E-state index in [-0.39, 0.29) is 11.0 Å². The van der Waals surface area contributed by atoms with Crippen LogP contribution in [-0.2, 0) is 18.4 Å². The molecule has 3 nitrogen and oxygen atoms in total. The lowest BCUT2D eigenvalue weighted by Gasteiger charge is -2.38. The Morgan fingerprint density at radius 3 is 2.38 bits per heavy atom. The maximum atomic E-state index is 14.0. The van der Waals surface area contributed by atoms with Crippen molar-refractivity contribution >= 4 is 11.8 Å². The smallest absolute Gasteiger partial charge is 0.258 e. The highest BCUT2D eigenvalue weighted by Crippen LogP contribution is 2.45. The number of aromatic nitrogens is 2. The Bertz CT molecular complexity index is 1070. The Balaban J connectivity index is 2.00. The van der Waals surface area contributed by atoms with Gasteiger partial charge in [-0.1, -0.05) is 87.1 Å². The van der Waals surface area contributed by atoms with Gasteiger partial charge in [0.15, 0.2) is 5.16 Å². The van der Waals surface area contributed by atoms with Crippen molar-refractivity contribution in [3.63, 3.8) is 0 Å². The molecule has 3 aromatic rings. The van der Waals surface area contributed by atoms with Crippen LogP contribution in [-0.4, -0.2) is 15.3 Å². The summed E-state index contributed by atoms with van der Waals surface area (Å²) in [4.78, 5) is 19.1. The summed E-state index contributed by atoms with van der Waals surface area (Å²) in [5, 5.41) is 0.818. The summed E-state index contributed by atoms with van der Waals surface area (Å²) in [7, 11) is 0. The van der Waals surface area contributed by atoms with Gasteiger partial charge in [-0.3, -0.25) is 9.36 Å². The molecule has 2 aromatic carbocycles. The number of fused-ring (bicyclic) bond motifs is 3. The zero-order valence-electron chi connectivity index (χ0n) is 17.4. The quantitative estimate of drug-likeness (QED) is 0.391. The SMILES string of the molecule is CCSc1nc2c(c(=O)n1Cc1ccccc1)C(CC)(CC)Cc1ccccc1-2. The van der Waals surface area contributed by atoms with Gasteiger partial charge in [0.1, 0.15) is 0 Å². The van der Waals surface area contributed by atoms with Crippen LogP contribution in [0.15, 0.2) is 64.5 Å². The van der Waals surface area contributed by atoms with E-state index < -0.39 is 0 Å². The first kappa shape index (κ1) is 20.0. The van der Waals surface area contributed by atoms with Gasteiger partial charge >= 0.3 is 0 Å². The van der Waals surface area contributed by atoms with Gasteiger partial charge in [0, 0.05) is 11.0 Å². The minimum absolute atomic E-state index is 0.132. The van der Waals surface area contributed by atoms with Gasteiger partial charge in [-0.15, -0.1) is 0 Å². The van der Waals surface area contributed by atoms with E-state index in [2.05, 4.69) is 57.2 Å². The molecule has 0 radical (unpaired) electrons. The monoisotopic (exact) mass is 404 g/mol. The van der Waals surface area contributed by atoms with E-state index in [1.807, 2.05) is 22.8 Å². The summed E-state index contributed by atoms with van der Waals surface area (Å²) in [6.07, 6.45) is 2.78. The van der Waals surface area contributed by atoms with E-state index in [0.717, 1.165) is 52.6 Å². The number of hydrogen-bond acceptors (Lipinski definition) is 3. The molecule has 0 fully saturated rings. The zero-order valence-corrected chi connectivity index (χ0v) is 18.3. The Kier molecular flexibility index (Phi) is 5.64. The zero-order chi connectivity index (χ0) is 20.4. The lowest BCUT2D eigenvalue weighted by atomic mass is 9.66. The molecule has 0 saturated carbocycles. The van der Waals surface area contributed by atoms with Crippen LogP contribution in [0.25, 0.3) is 11.3 Å². The van der Waals surface area contributed by atoms with Crippen LogP contribution >= 0.6 is 11.8 Å². The largest absolute Gasteiger partial charge is 0.283 e. The molecule has 1 heterocycles. The summed E-state index contributed by atoms with van der Waals surface area (Å²) < 4.78 is 1.90. The average Bonchev–Trinajstić information content (AvgIpc) is 2.76. The first-order valence-electron chi connectivity index (χ1n) is 10.5. The van der Waals surface area contributed by atoms with E-state index in [9.17, 15) is 4.79 Å². The summed E-state index contributed by atoms with van der Waals surface area (Å²) in [5.41, 5.74) is 5.36. The van der Waals surface area contributed by atoms with E-state index in [1.165, 1.54) is 5.56 Å². The Morgan fingerprint density at radius 1 is 1.00 bits per heavy atom. The van der Waals surface area contributed by atoms with Crippen molar-refractivity contribution in [2.24, 2.45) is 0 Å². The maximum Gasteiger partial charge on any atom is 0.258 e. The Morgan fingerprint density at radius 2 is 1.69 bits per heavy atom. The van der Waals surface area contributed by atoms with E-state index >= 15 is 0 Å². The first-order valence-corrected chi connectivity index (χ1v) is 11.5. The molecule has 1 aromatic heterocycles. The van der Waals surface area contributed by atoms with Gasteiger partial charge in [-0.2, -0.15) is 0 Å². The predicted molar refractivity (Wildman–Crippen MR) is 122 cm³/mol. The van der Waals surface area contributed by atoms with Gasteiger partial charge in [-0.05, 0) is 36.1 Å². The van der Waals surface area contributed by atoms with Crippen molar-refractivity contribution in [2.75, 3.05) is 5.75 Å². The van der Waals surface area contributed by atoms with Crippen molar-refractivity contribution in [2.45, 2.75) is 57.1 Å². The van der Waals surface area contributed by atoms with Crippen LogP contribution in [0.3, 0.4) is 0 Å². The Labute approximate surface area is 177 Å². The predicted octanol–water partition coefficient (Wildman–Crippen LogP) is 5.68. The third-order valence-corrected chi connectivity index (χ3v) is 7.13. The summed E-state index contributed by atoms with van der Waals surface area (Å²) >= 11 is 1.65. The van der Waals surface area contributed by atoms with Gasteiger partial charge in [0.05, 0.1) is 17.8 Å². The van der Waals surface area contributed by atoms with Crippen LogP contribution in [0.1, 0.15) is 50.3 Å². The third kappa shape index (κ3) is 3.44. The summed E-state index contributed by atoms with van der Waals surface area (Å²) in [6, 6.07) is 18.7. The van der Waals surface area contributed by atoms with E-state index in [1.54, 1.807) is 11.8 Å². The van der Waals surface area contributed by atoms with Gasteiger partial charge in [0.2, 0.25) is 0 Å². The number of thioether (sulfide) groups is 1. The second kappa shape index (κ2) is 8.19. The fraction of sp³-hybridized carbons (Fsp3) is 0.360. The number of hydrogen-bond donors (Lipinski definition) is 0. The highest BCUT2D eigenvalue weighted by molar-refractivity contribution is 7.99. The van der Waals surface area contributed by atoms with Crippen molar-refractivity contribution in [3.8, 4) is 11.3 Å². The summed E-state index contributed by atoms with van der Waals surface area (Å²) in [6.45, 7) is 7.08. The second-order valence-electron chi connectivity index (χ2n) is 7.75. The van der Waals surface area contributed by atoms with E-state index in [0.29, 0.717) is 6.54 Å². The molecule has 0 unspecified atom stereocenters. The van der Waals surface area contributed by atoms with Crippen molar-refractivity contribution < 1.29 is 0 Å². The molecule has 4 rings (SSSR count). The van der Waals surface area contributed by atoms with Crippen molar-refractivity contribution in [1.29, 1.82) is 0 Å². The van der Waals surface area contributed by atoms with Gasteiger partial charge in [0.25, 0.3) is 5.56 Å². The van der Waals surface area contributed by atoms with Gasteiger partial charge < -0.3 is 0 Å². The molecular formula is C25H28N2OS. The standard InChI is InChI=1S/C25H28N2OS/c1-4-25(5-2)16-19-14-10-11-15-20(19)22-21(25)23(28)27(24(26-22)29-6-3)17-18-12-8-7-9-13-18/h7-15H,4-6,16-17H2,1-3H3. The topological polar surface area (TPSA) is 34.9 Å². The number of nitrogens with zero attached hydrogens (tertiary/aromatic N) is 2. The lowest BCUT2D eigenvalue weighted by molar-refractivity contribution is 0.377. The molecule has 0 N–H and O–H groups in total. The van der Waals surface area contributed by atoms with Crippen molar-refractivity contribution in [1.82, 2.24) is 9.55 Å². The molecule has 29 heavy (non-hydrogen) atoms. The lowest BCUT2D eigenvalue weighted by Crippen LogP contribution is -2.41. The molecule has 0 saturated heterocycles. The molecule has 0 bridgehead atoms. The first-order chi connectivity index (χ1) is 14.1. The van der Waals surface area contributed by atoms with Crippen LogP contribution in [0.4, 0.5) is 0 Å². The highest BCUT2D eigenvalue weighted by Gasteiger charge is 2.40. The molecule has 1 aliphatic rings. The highest BCUT2D eigenvalue weighted by atomic mass is 32.2. The third-order valence-electron chi connectivity index (χ3n) is 6.28. The molecule has 0 amide bonds. The van der Waals surface area contributed by atoms with Crippen LogP contribution in [0, 0.1) is 0 Å². The van der Waals surface area contributed by atoms with Crippen LogP contribution in [0.5, 0.6) is 0 Å². The normalized spacial score (nSPS) is 14.3. The molecule has 0 spiro atoms. The van der Waals surface area contributed by atoms with Gasteiger partial charge in [-0.25, -0.2) is 4.98 Å². The molecule has 0 atom stereocenters. The number of rotatable bonds is 6. The Hall–Kier alpha value is -2.33. The number of benzene rings is 2. The van der Waals surface area contributed by atoms with E-state index in [4.69, 9.17) is 4.98 Å². The van der Waals surface area contributed by atoms with Crippen LogP contribution < -0.4 is 5.56 Å². The minimum Gasteiger partial charge on any atom is -0.283 e. The van der Waals surface area contributed by atoms with Crippen molar-refractivity contribution in [3.05, 3.63) is 81.6 Å². The van der Waals surface area contributed by atoms with Crippen LogP contribution in [0.2, 0.25) is 0 Å². The minimum atomic E-state index is -0.151. The molecule has 150 valence electrons. The molecule has 4 heteroatoms. The molecular weight excluding hydrogens is 376 g/mol. The fourth-order valence-corrected chi connectivity index (χ4v) is 5.28. The summed E-state index contributed by atoms with van der Waals surface area (Å²) in [5.74, 6) is 0.883. The second-order valence-corrected chi connectivity index (χ2v) is 8.98.